The van der Waals surface area contributed by atoms with Crippen molar-refractivity contribution in [2.45, 2.75) is 13.0 Å². The Kier molecular flexibility index (Phi) is 2.39. The maximum absolute atomic E-state index is 6.12. The summed E-state index contributed by atoms with van der Waals surface area (Å²) >= 11 is 1.73. The van der Waals surface area contributed by atoms with Gasteiger partial charge in [0, 0.05) is 18.1 Å². The van der Waals surface area contributed by atoms with E-state index in [1.54, 1.807) is 17.5 Å². The highest BCUT2D eigenvalue weighted by atomic mass is 32.1. The molecule has 3 nitrogen and oxygen atoms in total. The zero-order valence-corrected chi connectivity index (χ0v) is 9.08. The van der Waals surface area contributed by atoms with E-state index in [-0.39, 0.29) is 6.04 Å². The van der Waals surface area contributed by atoms with E-state index in [9.17, 15) is 0 Å². The van der Waals surface area contributed by atoms with Crippen molar-refractivity contribution in [3.63, 3.8) is 0 Å². The quantitative estimate of drug-likeness (QED) is 0.816. The lowest BCUT2D eigenvalue weighted by Crippen LogP contribution is -2.15. The van der Waals surface area contributed by atoms with Crippen LogP contribution in [0.4, 0.5) is 0 Å². The lowest BCUT2D eigenvalue weighted by atomic mass is 10.1. The number of nitrogens with zero attached hydrogens (tertiary/aromatic N) is 2. The van der Waals surface area contributed by atoms with Gasteiger partial charge < -0.3 is 5.73 Å². The van der Waals surface area contributed by atoms with Crippen LogP contribution in [0.5, 0.6) is 0 Å². The van der Waals surface area contributed by atoms with Gasteiger partial charge in [0.15, 0.2) is 0 Å². The topological polar surface area (TPSA) is 43.8 Å². The van der Waals surface area contributed by atoms with Gasteiger partial charge in [-0.2, -0.15) is 5.10 Å². The molecule has 0 aliphatic rings. The van der Waals surface area contributed by atoms with Crippen LogP contribution in [-0.2, 0) is 7.05 Å². The number of hydrogen-bond donors (Lipinski definition) is 1. The highest BCUT2D eigenvalue weighted by molar-refractivity contribution is 7.10. The molecule has 0 aliphatic heterocycles. The minimum absolute atomic E-state index is 0.0625. The Bertz CT molecular complexity index is 430. The normalized spacial score (nSPS) is 13.1. The predicted octanol–water partition coefficient (Wildman–Crippen LogP) is 1.84. The molecule has 0 spiro atoms. The van der Waals surface area contributed by atoms with Gasteiger partial charge in [0.1, 0.15) is 0 Å². The summed E-state index contributed by atoms with van der Waals surface area (Å²) in [5, 5.41) is 6.21. The summed E-state index contributed by atoms with van der Waals surface area (Å²) in [4.78, 5) is 1.29. The van der Waals surface area contributed by atoms with Crippen molar-refractivity contribution in [3.8, 4) is 0 Å². The molecule has 2 rings (SSSR count). The number of aromatic nitrogens is 2. The molecule has 0 bridgehead atoms. The van der Waals surface area contributed by atoms with E-state index < -0.39 is 0 Å². The molecule has 2 heterocycles. The second-order valence-corrected chi connectivity index (χ2v) is 4.46. The molecule has 0 saturated carbocycles. The first-order valence-electron chi connectivity index (χ1n) is 4.47. The average molecular weight is 207 g/mol. The Morgan fingerprint density at radius 3 is 2.86 bits per heavy atom. The predicted molar refractivity (Wildman–Crippen MR) is 58.3 cm³/mol. The molecule has 1 atom stereocenters. The Labute approximate surface area is 87.2 Å². The van der Waals surface area contributed by atoms with Gasteiger partial charge in [-0.15, -0.1) is 11.3 Å². The molecule has 0 saturated heterocycles. The maximum Gasteiger partial charge on any atom is 0.0731 e. The van der Waals surface area contributed by atoms with Gasteiger partial charge >= 0.3 is 0 Å². The van der Waals surface area contributed by atoms with Crippen molar-refractivity contribution in [2.75, 3.05) is 0 Å². The van der Waals surface area contributed by atoms with Crippen molar-refractivity contribution >= 4 is 11.3 Å². The first kappa shape index (κ1) is 9.43. The highest BCUT2D eigenvalue weighted by Crippen LogP contribution is 2.23. The average Bonchev–Trinajstić information content (AvgIpc) is 2.73. The summed E-state index contributed by atoms with van der Waals surface area (Å²) in [7, 11) is 1.91. The SMILES string of the molecule is Cc1cc(C(N)c2ccnn2C)cs1. The molecule has 0 radical (unpaired) electrons. The maximum atomic E-state index is 6.12. The van der Waals surface area contributed by atoms with Crippen LogP contribution >= 0.6 is 11.3 Å². The molecule has 0 aromatic carbocycles. The van der Waals surface area contributed by atoms with Crippen molar-refractivity contribution in [2.24, 2.45) is 12.8 Å². The van der Waals surface area contributed by atoms with Gasteiger partial charge in [0.2, 0.25) is 0 Å². The van der Waals surface area contributed by atoms with E-state index in [4.69, 9.17) is 5.73 Å². The van der Waals surface area contributed by atoms with Crippen LogP contribution < -0.4 is 5.73 Å². The van der Waals surface area contributed by atoms with Crippen LogP contribution in [0.25, 0.3) is 0 Å². The summed E-state index contributed by atoms with van der Waals surface area (Å²) < 4.78 is 1.82. The fourth-order valence-corrected chi connectivity index (χ4v) is 2.23. The molecular weight excluding hydrogens is 194 g/mol. The molecule has 2 aromatic rings. The van der Waals surface area contributed by atoms with Gasteiger partial charge in [-0.05, 0) is 30.0 Å². The van der Waals surface area contributed by atoms with E-state index in [2.05, 4.69) is 23.5 Å². The van der Waals surface area contributed by atoms with Crippen LogP contribution in [-0.4, -0.2) is 9.78 Å². The zero-order valence-electron chi connectivity index (χ0n) is 8.27. The van der Waals surface area contributed by atoms with Crippen LogP contribution in [0.3, 0.4) is 0 Å². The van der Waals surface area contributed by atoms with Crippen LogP contribution in [0, 0.1) is 6.92 Å². The van der Waals surface area contributed by atoms with Crippen LogP contribution in [0.2, 0.25) is 0 Å². The standard InChI is InChI=1S/C10H13N3S/c1-7-5-8(6-14-7)10(11)9-3-4-12-13(9)2/h3-6,10H,11H2,1-2H3. The minimum Gasteiger partial charge on any atom is -0.319 e. The molecule has 0 aliphatic carbocycles. The molecule has 0 fully saturated rings. The molecule has 74 valence electrons. The number of nitrogens with two attached hydrogens (primary N) is 1. The Morgan fingerprint density at radius 1 is 1.57 bits per heavy atom. The van der Waals surface area contributed by atoms with Crippen LogP contribution in [0.1, 0.15) is 22.2 Å². The Hall–Kier alpha value is -1.13. The second kappa shape index (κ2) is 3.55. The van der Waals surface area contributed by atoms with Crippen molar-refractivity contribution in [1.29, 1.82) is 0 Å². The van der Waals surface area contributed by atoms with E-state index in [1.165, 1.54) is 4.88 Å². The Balaban J connectivity index is 2.33. The first-order chi connectivity index (χ1) is 6.68. The number of thiophene rings is 1. The fourth-order valence-electron chi connectivity index (χ4n) is 1.49. The smallest absolute Gasteiger partial charge is 0.0731 e. The first-order valence-corrected chi connectivity index (χ1v) is 5.35. The largest absolute Gasteiger partial charge is 0.319 e. The number of aryl methyl sites for hydroxylation is 2. The lowest BCUT2D eigenvalue weighted by molar-refractivity contribution is 0.674. The highest BCUT2D eigenvalue weighted by Gasteiger charge is 2.13. The summed E-state index contributed by atoms with van der Waals surface area (Å²) in [5.74, 6) is 0. The van der Waals surface area contributed by atoms with Gasteiger partial charge in [-0.3, -0.25) is 4.68 Å². The van der Waals surface area contributed by atoms with E-state index in [1.807, 2.05) is 17.8 Å². The van der Waals surface area contributed by atoms with Crippen molar-refractivity contribution in [3.05, 3.63) is 39.8 Å². The fraction of sp³-hybridized carbons (Fsp3) is 0.300. The molecule has 14 heavy (non-hydrogen) atoms. The summed E-state index contributed by atoms with van der Waals surface area (Å²) in [6.07, 6.45) is 1.77. The summed E-state index contributed by atoms with van der Waals surface area (Å²) in [6, 6.07) is 4.02. The van der Waals surface area contributed by atoms with E-state index in [0.29, 0.717) is 0 Å². The van der Waals surface area contributed by atoms with E-state index in [0.717, 1.165) is 11.3 Å². The lowest BCUT2D eigenvalue weighted by Gasteiger charge is -2.09. The van der Waals surface area contributed by atoms with Gasteiger partial charge in [0.25, 0.3) is 0 Å². The second-order valence-electron chi connectivity index (χ2n) is 3.35. The molecular formula is C10H13N3S. The van der Waals surface area contributed by atoms with Gasteiger partial charge in [-0.25, -0.2) is 0 Å². The third kappa shape index (κ3) is 1.58. The minimum atomic E-state index is -0.0625. The molecule has 1 unspecified atom stereocenters. The molecule has 4 heteroatoms. The zero-order chi connectivity index (χ0) is 10.1. The van der Waals surface area contributed by atoms with Crippen molar-refractivity contribution < 1.29 is 0 Å². The van der Waals surface area contributed by atoms with Gasteiger partial charge in [-0.1, -0.05) is 0 Å². The molecule has 0 amide bonds. The number of hydrogen-bond acceptors (Lipinski definition) is 3. The van der Waals surface area contributed by atoms with Crippen molar-refractivity contribution in [1.82, 2.24) is 9.78 Å². The van der Waals surface area contributed by atoms with E-state index >= 15 is 0 Å². The number of rotatable bonds is 2. The third-order valence-corrected chi connectivity index (χ3v) is 3.17. The summed E-state index contributed by atoms with van der Waals surface area (Å²) in [6.45, 7) is 2.09. The van der Waals surface area contributed by atoms with Gasteiger partial charge in [0.05, 0.1) is 11.7 Å². The third-order valence-electron chi connectivity index (χ3n) is 2.29. The molecule has 2 aromatic heterocycles. The monoisotopic (exact) mass is 207 g/mol. The van der Waals surface area contributed by atoms with Crippen LogP contribution in [0.15, 0.2) is 23.7 Å². The Morgan fingerprint density at radius 2 is 2.36 bits per heavy atom. The summed E-state index contributed by atoms with van der Waals surface area (Å²) in [5.41, 5.74) is 8.33. The molecule has 2 N–H and O–H groups in total.